The summed E-state index contributed by atoms with van der Waals surface area (Å²) in [6, 6.07) is 50.8. The van der Waals surface area contributed by atoms with Crippen molar-refractivity contribution in [2.45, 2.75) is 12.3 Å². The fourth-order valence-electron chi connectivity index (χ4n) is 8.45. The van der Waals surface area contributed by atoms with E-state index in [0.29, 0.717) is 11.6 Å². The molecule has 1 aliphatic carbocycles. The summed E-state index contributed by atoms with van der Waals surface area (Å²) in [6.45, 7) is 0. The van der Waals surface area contributed by atoms with Gasteiger partial charge in [-0.1, -0.05) is 121 Å². The minimum absolute atomic E-state index is 0.0451. The number of fused-ring (bicyclic) bond motifs is 8. The van der Waals surface area contributed by atoms with Gasteiger partial charge < -0.3 is 0 Å². The topological polar surface area (TPSA) is 90.2 Å². The Morgan fingerprint density at radius 2 is 0.817 bits per heavy atom. The summed E-state index contributed by atoms with van der Waals surface area (Å²) in [4.78, 5) is 35.0. The quantitative estimate of drug-likeness (QED) is 0.161. The Bertz CT molecular complexity index is 3390. The van der Waals surface area contributed by atoms with Crippen molar-refractivity contribution in [2.75, 3.05) is 0 Å². The highest BCUT2D eigenvalue weighted by Crippen LogP contribution is 2.34. The number of aromatic nitrogens is 7. The third kappa shape index (κ3) is 5.95. The molecule has 7 nitrogen and oxygen atoms in total. The Labute approximate surface area is 344 Å². The fourth-order valence-corrected chi connectivity index (χ4v) is 8.45. The highest BCUT2D eigenvalue weighted by molar-refractivity contribution is 6.04. The number of hydrogen-bond acceptors (Lipinski definition) is 7. The molecule has 11 aromatic rings. The Morgan fingerprint density at radius 1 is 0.367 bits per heavy atom. The first-order chi connectivity index (χ1) is 29.7. The molecule has 5 aromatic heterocycles. The molecule has 0 bridgehead atoms. The van der Waals surface area contributed by atoms with Crippen molar-refractivity contribution in [1.82, 2.24) is 34.9 Å². The van der Waals surface area contributed by atoms with Crippen molar-refractivity contribution in [2.24, 2.45) is 0 Å². The van der Waals surface area contributed by atoms with Crippen molar-refractivity contribution in [3.63, 3.8) is 0 Å². The lowest BCUT2D eigenvalue weighted by Crippen LogP contribution is -2.07. The third-order valence-electron chi connectivity index (χ3n) is 11.6. The first-order valence-corrected chi connectivity index (χ1v) is 20.1. The van der Waals surface area contributed by atoms with Crippen LogP contribution in [-0.4, -0.2) is 34.9 Å². The molecule has 6 aromatic carbocycles. The summed E-state index contributed by atoms with van der Waals surface area (Å²) in [6.07, 6.45) is 13.0. The predicted molar refractivity (Wildman–Crippen MR) is 243 cm³/mol. The van der Waals surface area contributed by atoms with E-state index in [1.54, 1.807) is 0 Å². The van der Waals surface area contributed by atoms with Gasteiger partial charge in [-0.2, -0.15) is 0 Å². The van der Waals surface area contributed by atoms with Crippen LogP contribution >= 0.6 is 0 Å². The highest BCUT2D eigenvalue weighted by atomic mass is 15.0. The lowest BCUT2D eigenvalue weighted by molar-refractivity contribution is 0.764. The fraction of sp³-hybridized carbons (Fsp3) is 0.0377. The Morgan fingerprint density at radius 3 is 1.32 bits per heavy atom. The molecule has 0 amide bonds. The number of nitrogens with zero attached hydrogens (tertiary/aromatic N) is 7. The second-order valence-corrected chi connectivity index (χ2v) is 15.4. The number of allylic oxidation sites excluding steroid dienone is 4. The normalized spacial score (nSPS) is 14.0. The summed E-state index contributed by atoms with van der Waals surface area (Å²) >= 11 is 0. The smallest absolute Gasteiger partial charge is 0.163 e. The summed E-state index contributed by atoms with van der Waals surface area (Å²) < 4.78 is 0. The zero-order chi connectivity index (χ0) is 39.6. The van der Waals surface area contributed by atoms with Gasteiger partial charge in [0.05, 0.1) is 33.5 Å². The van der Waals surface area contributed by atoms with Crippen molar-refractivity contribution in [1.29, 1.82) is 0 Å². The number of benzene rings is 6. The lowest BCUT2D eigenvalue weighted by atomic mass is 9.99. The standard InChI is InChI=1S/C53H33N7/c1-2-6-38(7-3-1)51-58-52(41-20-12-32-10-18-39(28-43(32)30-41)45-24-22-36-16-14-34-8-4-26-54-47(34)49(36)56-45)60-53(59-51)42-21-13-33-11-19-40(29-44(33)31-42)46-25-23-37-17-15-35-9-5-27-55-48(35)50(37)57-46/h1-6,8-31,38H,7H2. The highest BCUT2D eigenvalue weighted by Gasteiger charge is 2.18. The minimum Gasteiger partial charge on any atom is -0.254 e. The van der Waals surface area contributed by atoms with Crippen molar-refractivity contribution in [3.8, 4) is 45.3 Å². The van der Waals surface area contributed by atoms with Crippen molar-refractivity contribution >= 4 is 65.2 Å². The third-order valence-corrected chi connectivity index (χ3v) is 11.6. The molecule has 0 spiro atoms. The molecule has 60 heavy (non-hydrogen) atoms. The largest absolute Gasteiger partial charge is 0.254 e. The SMILES string of the molecule is C1=CCC(c2nc(-c3ccc4ccc(-c5ccc6ccc7cccnc7c6n5)cc4c3)nc(-c3ccc4ccc(-c5ccc6ccc7cccnc7c6n5)cc4c3)n2)C=C1. The first-order valence-electron chi connectivity index (χ1n) is 20.1. The van der Waals surface area contributed by atoms with Gasteiger partial charge in [0.15, 0.2) is 11.6 Å². The molecule has 7 heteroatoms. The van der Waals surface area contributed by atoms with Gasteiger partial charge in [-0.25, -0.2) is 24.9 Å². The monoisotopic (exact) mass is 767 g/mol. The van der Waals surface area contributed by atoms with E-state index in [-0.39, 0.29) is 5.92 Å². The van der Waals surface area contributed by atoms with Crippen molar-refractivity contribution in [3.05, 3.63) is 188 Å². The van der Waals surface area contributed by atoms with Crippen LogP contribution in [-0.2, 0) is 0 Å². The molecule has 1 atom stereocenters. The minimum atomic E-state index is 0.0451. The van der Waals surface area contributed by atoms with E-state index in [1.165, 1.54) is 0 Å². The van der Waals surface area contributed by atoms with Crippen LogP contribution in [0, 0.1) is 0 Å². The van der Waals surface area contributed by atoms with Gasteiger partial charge in [-0.15, -0.1) is 0 Å². The Balaban J connectivity index is 0.945. The van der Waals surface area contributed by atoms with Crippen LogP contribution in [0.15, 0.2) is 182 Å². The first kappa shape index (κ1) is 34.0. The van der Waals surface area contributed by atoms with E-state index in [4.69, 9.17) is 24.9 Å². The zero-order valence-corrected chi connectivity index (χ0v) is 32.2. The van der Waals surface area contributed by atoms with Gasteiger partial charge in [0.25, 0.3) is 0 Å². The molecule has 0 saturated heterocycles. The number of pyridine rings is 4. The van der Waals surface area contributed by atoms with Gasteiger partial charge in [-0.05, 0) is 76.5 Å². The Hall–Kier alpha value is -8.03. The van der Waals surface area contributed by atoms with Crippen LogP contribution in [0.1, 0.15) is 18.2 Å². The zero-order valence-electron chi connectivity index (χ0n) is 32.2. The van der Waals surface area contributed by atoms with Gasteiger partial charge in [-0.3, -0.25) is 9.97 Å². The van der Waals surface area contributed by atoms with E-state index >= 15 is 0 Å². The summed E-state index contributed by atoms with van der Waals surface area (Å²) in [5, 5.41) is 8.70. The molecular weight excluding hydrogens is 735 g/mol. The van der Waals surface area contributed by atoms with Crippen LogP contribution in [0.4, 0.5) is 0 Å². The molecule has 1 aliphatic rings. The second-order valence-electron chi connectivity index (χ2n) is 15.4. The van der Waals surface area contributed by atoms with Crippen LogP contribution in [0.2, 0.25) is 0 Å². The average molecular weight is 768 g/mol. The predicted octanol–water partition coefficient (Wildman–Crippen LogP) is 12.6. The van der Waals surface area contributed by atoms with Crippen LogP contribution in [0.5, 0.6) is 0 Å². The molecule has 0 fully saturated rings. The molecule has 0 aliphatic heterocycles. The van der Waals surface area contributed by atoms with Crippen molar-refractivity contribution < 1.29 is 0 Å². The van der Waals surface area contributed by atoms with Crippen LogP contribution < -0.4 is 0 Å². The average Bonchev–Trinajstić information content (AvgIpc) is 3.33. The van der Waals surface area contributed by atoms with E-state index in [0.717, 1.165) is 111 Å². The molecule has 0 N–H and O–H groups in total. The maximum absolute atomic E-state index is 5.17. The molecular formula is C53H33N7. The maximum Gasteiger partial charge on any atom is 0.163 e. The summed E-state index contributed by atoms with van der Waals surface area (Å²) in [7, 11) is 0. The van der Waals surface area contributed by atoms with Gasteiger partial charge in [0.1, 0.15) is 5.82 Å². The summed E-state index contributed by atoms with van der Waals surface area (Å²) in [5.41, 5.74) is 9.33. The number of rotatable bonds is 5. The Kier molecular flexibility index (Phi) is 7.84. The van der Waals surface area contributed by atoms with Crippen LogP contribution in [0.25, 0.3) is 110 Å². The molecule has 12 rings (SSSR count). The molecule has 280 valence electrons. The number of hydrogen-bond donors (Lipinski definition) is 0. The van der Waals surface area contributed by atoms with Gasteiger partial charge in [0, 0.05) is 62.1 Å². The van der Waals surface area contributed by atoms with Crippen LogP contribution in [0.3, 0.4) is 0 Å². The van der Waals surface area contributed by atoms with E-state index in [1.807, 2.05) is 24.5 Å². The molecule has 5 heterocycles. The van der Waals surface area contributed by atoms with E-state index in [9.17, 15) is 0 Å². The molecule has 0 saturated carbocycles. The summed E-state index contributed by atoms with van der Waals surface area (Å²) in [5.74, 6) is 2.08. The molecule has 1 unspecified atom stereocenters. The maximum atomic E-state index is 5.17. The van der Waals surface area contributed by atoms with Gasteiger partial charge in [0.2, 0.25) is 0 Å². The van der Waals surface area contributed by atoms with E-state index < -0.39 is 0 Å². The van der Waals surface area contributed by atoms with Gasteiger partial charge >= 0.3 is 0 Å². The second kappa shape index (κ2) is 13.8. The molecule has 0 radical (unpaired) electrons. The lowest BCUT2D eigenvalue weighted by Gasteiger charge is -2.15. The van der Waals surface area contributed by atoms with E-state index in [2.05, 4.69) is 168 Å².